The Hall–Kier alpha value is -0.520. The van der Waals surface area contributed by atoms with Gasteiger partial charge in [0, 0.05) is 12.1 Å². The molecule has 0 aromatic carbocycles. The van der Waals surface area contributed by atoms with Crippen molar-refractivity contribution >= 4 is 0 Å². The Bertz CT molecular complexity index is 256. The fourth-order valence-electron chi connectivity index (χ4n) is 3.08. The van der Waals surface area contributed by atoms with Crippen molar-refractivity contribution in [3.05, 3.63) is 0 Å². The molecule has 98 valence electrons. The first-order chi connectivity index (χ1) is 8.15. The molecule has 2 nitrogen and oxygen atoms in total. The number of nitrogens with one attached hydrogen (secondary N) is 1. The molecule has 3 N–H and O–H groups in total. The molecule has 17 heavy (non-hydrogen) atoms. The molecule has 0 heterocycles. The van der Waals surface area contributed by atoms with Crippen LogP contribution in [0.3, 0.4) is 0 Å². The second-order valence-electron chi connectivity index (χ2n) is 5.60. The summed E-state index contributed by atoms with van der Waals surface area (Å²) in [5.41, 5.74) is 6.09. The number of hydrogen-bond acceptors (Lipinski definition) is 2. The van der Waals surface area contributed by atoms with Crippen LogP contribution in [-0.2, 0) is 0 Å². The van der Waals surface area contributed by atoms with Crippen molar-refractivity contribution in [2.45, 2.75) is 70.4 Å². The Morgan fingerprint density at radius 3 is 2.82 bits per heavy atom. The van der Waals surface area contributed by atoms with Crippen LogP contribution in [0.25, 0.3) is 0 Å². The zero-order valence-corrected chi connectivity index (χ0v) is 11.5. The lowest BCUT2D eigenvalue weighted by atomic mass is 9.88. The second-order valence-corrected chi connectivity index (χ2v) is 5.60. The molecule has 1 saturated carbocycles. The average Bonchev–Trinajstić information content (AvgIpc) is 2.53. The van der Waals surface area contributed by atoms with Gasteiger partial charge in [0.05, 0.1) is 6.04 Å². The van der Waals surface area contributed by atoms with E-state index in [1.807, 2.05) is 6.92 Å². The van der Waals surface area contributed by atoms with Gasteiger partial charge in [0.1, 0.15) is 0 Å². The molecule has 0 radical (unpaired) electrons. The molecule has 1 fully saturated rings. The van der Waals surface area contributed by atoms with Gasteiger partial charge in [0.15, 0.2) is 0 Å². The summed E-state index contributed by atoms with van der Waals surface area (Å²) in [6.45, 7) is 5.03. The highest BCUT2D eigenvalue weighted by Crippen LogP contribution is 2.32. The van der Waals surface area contributed by atoms with E-state index in [1.54, 1.807) is 0 Å². The third-order valence-electron chi connectivity index (χ3n) is 4.16. The summed E-state index contributed by atoms with van der Waals surface area (Å²) in [5, 5.41) is 3.57. The molecule has 0 aliphatic heterocycles. The van der Waals surface area contributed by atoms with Crippen molar-refractivity contribution in [3.8, 4) is 12.3 Å². The van der Waals surface area contributed by atoms with Crippen molar-refractivity contribution in [1.82, 2.24) is 5.32 Å². The van der Waals surface area contributed by atoms with E-state index >= 15 is 0 Å². The van der Waals surface area contributed by atoms with E-state index in [1.165, 1.54) is 44.9 Å². The topological polar surface area (TPSA) is 38.0 Å². The molecule has 1 aliphatic rings. The fourth-order valence-corrected chi connectivity index (χ4v) is 3.08. The lowest BCUT2D eigenvalue weighted by molar-refractivity contribution is 0.277. The Morgan fingerprint density at radius 2 is 2.24 bits per heavy atom. The maximum Gasteiger partial charge on any atom is 0.0663 e. The fraction of sp³-hybridized carbons (Fsp3) is 0.867. The smallest absolute Gasteiger partial charge is 0.0663 e. The van der Waals surface area contributed by atoms with E-state index in [-0.39, 0.29) is 11.6 Å². The van der Waals surface area contributed by atoms with E-state index < -0.39 is 0 Å². The van der Waals surface area contributed by atoms with Crippen molar-refractivity contribution in [2.24, 2.45) is 11.7 Å². The molecule has 3 atom stereocenters. The summed E-state index contributed by atoms with van der Waals surface area (Å²) in [5.74, 6) is 3.66. The van der Waals surface area contributed by atoms with Crippen molar-refractivity contribution in [3.63, 3.8) is 0 Å². The first kappa shape index (κ1) is 14.5. The lowest BCUT2D eigenvalue weighted by Crippen LogP contribution is -2.53. The monoisotopic (exact) mass is 236 g/mol. The number of hydrogen-bond donors (Lipinski definition) is 2. The third kappa shape index (κ3) is 4.33. The van der Waals surface area contributed by atoms with E-state index in [0.717, 1.165) is 5.92 Å². The van der Waals surface area contributed by atoms with Gasteiger partial charge in [-0.05, 0) is 32.1 Å². The van der Waals surface area contributed by atoms with Gasteiger partial charge in [-0.25, -0.2) is 0 Å². The van der Waals surface area contributed by atoms with Gasteiger partial charge in [-0.15, -0.1) is 6.42 Å². The van der Waals surface area contributed by atoms with Crippen LogP contribution < -0.4 is 11.1 Å². The standard InChI is InChI=1S/C15H28N2/c1-4-7-14-8-6-10-15(12-16,11-9-14)17-13(3)5-2/h2,13-14,17H,4,6-12,16H2,1,3H3. The Kier molecular flexibility index (Phi) is 6.02. The molecule has 0 aromatic rings. The van der Waals surface area contributed by atoms with Crippen LogP contribution in [0.4, 0.5) is 0 Å². The van der Waals surface area contributed by atoms with Gasteiger partial charge in [-0.1, -0.05) is 38.5 Å². The third-order valence-corrected chi connectivity index (χ3v) is 4.16. The molecule has 3 unspecified atom stereocenters. The molecule has 2 heteroatoms. The van der Waals surface area contributed by atoms with E-state index in [2.05, 4.69) is 18.2 Å². The summed E-state index contributed by atoms with van der Waals surface area (Å²) in [6.07, 6.45) is 14.4. The van der Waals surface area contributed by atoms with Crippen molar-refractivity contribution in [2.75, 3.05) is 6.54 Å². The van der Waals surface area contributed by atoms with Crippen LogP contribution in [-0.4, -0.2) is 18.1 Å². The second kappa shape index (κ2) is 7.03. The average molecular weight is 236 g/mol. The summed E-state index contributed by atoms with van der Waals surface area (Å²) >= 11 is 0. The minimum Gasteiger partial charge on any atom is -0.329 e. The molecule has 0 spiro atoms. The number of rotatable bonds is 5. The van der Waals surface area contributed by atoms with Crippen LogP contribution in [0.15, 0.2) is 0 Å². The van der Waals surface area contributed by atoms with Crippen LogP contribution in [0.2, 0.25) is 0 Å². The van der Waals surface area contributed by atoms with E-state index in [4.69, 9.17) is 12.2 Å². The van der Waals surface area contributed by atoms with Crippen molar-refractivity contribution in [1.29, 1.82) is 0 Å². The van der Waals surface area contributed by atoms with Gasteiger partial charge < -0.3 is 5.73 Å². The molecular weight excluding hydrogens is 208 g/mol. The normalized spacial score (nSPS) is 31.5. The van der Waals surface area contributed by atoms with Crippen LogP contribution in [0.1, 0.15) is 58.8 Å². The van der Waals surface area contributed by atoms with E-state index in [9.17, 15) is 0 Å². The van der Waals surface area contributed by atoms with Gasteiger partial charge in [0.25, 0.3) is 0 Å². The quantitative estimate of drug-likeness (QED) is 0.569. The first-order valence-corrected chi connectivity index (χ1v) is 7.09. The minimum absolute atomic E-state index is 0.0915. The zero-order chi connectivity index (χ0) is 12.7. The SMILES string of the molecule is C#CC(C)NC1(CN)CCCC(CCC)CC1. The number of nitrogens with two attached hydrogens (primary N) is 1. The predicted octanol–water partition coefficient (Wildman–Crippen LogP) is 2.68. The Balaban J connectivity index is 2.58. The molecule has 0 amide bonds. The Labute approximate surface area is 107 Å². The van der Waals surface area contributed by atoms with E-state index in [0.29, 0.717) is 6.54 Å². The molecular formula is C15H28N2. The summed E-state index contributed by atoms with van der Waals surface area (Å²) in [6, 6.07) is 0.126. The van der Waals surface area contributed by atoms with Crippen LogP contribution >= 0.6 is 0 Å². The highest BCUT2D eigenvalue weighted by atomic mass is 15.0. The predicted molar refractivity (Wildman–Crippen MR) is 74.7 cm³/mol. The van der Waals surface area contributed by atoms with Gasteiger partial charge in [-0.2, -0.15) is 0 Å². The van der Waals surface area contributed by atoms with Gasteiger partial charge in [-0.3, -0.25) is 5.32 Å². The zero-order valence-electron chi connectivity index (χ0n) is 11.5. The molecule has 0 aromatic heterocycles. The lowest BCUT2D eigenvalue weighted by Gasteiger charge is -2.34. The van der Waals surface area contributed by atoms with Crippen LogP contribution in [0, 0.1) is 18.3 Å². The maximum absolute atomic E-state index is 6.00. The Morgan fingerprint density at radius 1 is 1.47 bits per heavy atom. The summed E-state index contributed by atoms with van der Waals surface area (Å²) < 4.78 is 0. The van der Waals surface area contributed by atoms with Gasteiger partial charge in [0.2, 0.25) is 0 Å². The first-order valence-electron chi connectivity index (χ1n) is 7.09. The van der Waals surface area contributed by atoms with Crippen molar-refractivity contribution < 1.29 is 0 Å². The highest BCUT2D eigenvalue weighted by molar-refractivity contribution is 5.02. The molecule has 0 saturated heterocycles. The summed E-state index contributed by atoms with van der Waals surface area (Å²) in [4.78, 5) is 0. The molecule has 1 rings (SSSR count). The summed E-state index contributed by atoms with van der Waals surface area (Å²) in [7, 11) is 0. The minimum atomic E-state index is 0.0915. The maximum atomic E-state index is 6.00. The van der Waals surface area contributed by atoms with Crippen LogP contribution in [0.5, 0.6) is 0 Å². The largest absolute Gasteiger partial charge is 0.329 e. The highest BCUT2D eigenvalue weighted by Gasteiger charge is 2.32. The van der Waals surface area contributed by atoms with Gasteiger partial charge >= 0.3 is 0 Å². The molecule has 0 bridgehead atoms. The number of terminal acetylenes is 1. The molecule has 1 aliphatic carbocycles.